The fraction of sp³-hybridized carbons (Fsp3) is 0.412. The van der Waals surface area contributed by atoms with Crippen molar-refractivity contribution in [1.82, 2.24) is 14.2 Å². The lowest BCUT2D eigenvalue weighted by atomic mass is 10.0. The Labute approximate surface area is 152 Å². The van der Waals surface area contributed by atoms with Crippen LogP contribution in [0.4, 0.5) is 0 Å². The molecule has 0 radical (unpaired) electrons. The highest BCUT2D eigenvalue weighted by Gasteiger charge is 2.31. The molecule has 0 aromatic carbocycles. The third-order valence-corrected chi connectivity index (χ3v) is 5.08. The van der Waals surface area contributed by atoms with E-state index in [9.17, 15) is 18.5 Å². The monoisotopic (exact) mass is 376 g/mol. The van der Waals surface area contributed by atoms with E-state index < -0.39 is 10.0 Å². The average Bonchev–Trinajstić information content (AvgIpc) is 3.20. The fourth-order valence-electron chi connectivity index (χ4n) is 3.26. The summed E-state index contributed by atoms with van der Waals surface area (Å²) < 4.78 is 32.8. The predicted molar refractivity (Wildman–Crippen MR) is 94.4 cm³/mol. The molecule has 1 atom stereocenters. The smallest absolute Gasteiger partial charge is 0.258 e. The van der Waals surface area contributed by atoms with E-state index in [0.717, 1.165) is 6.26 Å². The lowest BCUT2D eigenvalue weighted by Crippen LogP contribution is -2.49. The van der Waals surface area contributed by atoms with Gasteiger partial charge in [0.05, 0.1) is 6.26 Å². The molecule has 138 valence electrons. The van der Waals surface area contributed by atoms with Crippen molar-refractivity contribution in [3.63, 3.8) is 0 Å². The first kappa shape index (κ1) is 18.2. The summed E-state index contributed by atoms with van der Waals surface area (Å²) >= 11 is 0. The molecule has 0 bridgehead atoms. The largest absolute Gasteiger partial charge is 0.443 e. The number of amides is 1. The quantitative estimate of drug-likeness (QED) is 0.868. The molecule has 9 heteroatoms. The molecule has 3 heterocycles. The normalized spacial score (nSPS) is 17.9. The van der Waals surface area contributed by atoms with Crippen LogP contribution in [0.25, 0.3) is 5.88 Å². The minimum Gasteiger partial charge on any atom is -0.443 e. The molecule has 1 unspecified atom stereocenters. The van der Waals surface area contributed by atoms with Gasteiger partial charge in [-0.25, -0.2) is 13.1 Å². The number of carbonyl (C=O) groups is 1. The number of carbonyl (C=O) groups excluding carboxylic acids is 1. The Morgan fingerprint density at radius 1 is 1.38 bits per heavy atom. The number of nitrogens with one attached hydrogen (secondary N) is 1. The molecule has 1 N–H and O–H groups in total. The highest BCUT2D eigenvalue weighted by molar-refractivity contribution is 7.88. The predicted octanol–water partition coefficient (Wildman–Crippen LogP) is 1.40. The Hall–Kier alpha value is -2.57. The van der Waals surface area contributed by atoms with Gasteiger partial charge in [-0.1, -0.05) is 0 Å². The number of nitriles is 1. The molecule has 2 aromatic heterocycles. The molecule has 0 spiro atoms. The number of sulfonamides is 1. The Bertz CT molecular complexity index is 954. The first-order chi connectivity index (χ1) is 12.3. The number of aromatic nitrogens is 1. The second-order valence-electron chi connectivity index (χ2n) is 6.40. The minimum absolute atomic E-state index is 0.182. The van der Waals surface area contributed by atoms with Gasteiger partial charge in [-0.2, -0.15) is 5.26 Å². The third kappa shape index (κ3) is 3.66. The highest BCUT2D eigenvalue weighted by atomic mass is 32.2. The molecule has 26 heavy (non-hydrogen) atoms. The first-order valence-corrected chi connectivity index (χ1v) is 10.1. The van der Waals surface area contributed by atoms with Gasteiger partial charge in [0.1, 0.15) is 23.0 Å². The topological polar surface area (TPSA) is 108 Å². The summed E-state index contributed by atoms with van der Waals surface area (Å²) in [5.41, 5.74) is 0.415. The molecule has 8 nitrogen and oxygen atoms in total. The van der Waals surface area contributed by atoms with Crippen molar-refractivity contribution in [3.8, 4) is 12.0 Å². The molecule has 1 saturated heterocycles. The standard InChI is InChI=1S/C17H20N4O4S/c1-12-15(14(10-18)17(25-12)20-7-3-4-8-20)16(22)21-9-5-6-13(11-21)19-26(2,23)24/h3-4,7-8,13,19H,5-6,9,11H2,1-2H3. The van der Waals surface area contributed by atoms with Gasteiger partial charge in [0.25, 0.3) is 5.91 Å². The number of nitrogens with zero attached hydrogens (tertiary/aromatic N) is 3. The maximum absolute atomic E-state index is 13.0. The number of furan rings is 1. The second-order valence-corrected chi connectivity index (χ2v) is 8.18. The van der Waals surface area contributed by atoms with Crippen molar-refractivity contribution in [2.75, 3.05) is 19.3 Å². The van der Waals surface area contributed by atoms with Crippen LogP contribution in [0.5, 0.6) is 0 Å². The highest BCUT2D eigenvalue weighted by Crippen LogP contribution is 2.27. The molecule has 0 aliphatic carbocycles. The molecule has 3 rings (SSSR count). The fourth-order valence-corrected chi connectivity index (χ4v) is 4.06. The van der Waals surface area contributed by atoms with E-state index >= 15 is 0 Å². The SMILES string of the molecule is Cc1oc(-n2cccc2)c(C#N)c1C(=O)N1CCCC(NS(C)(=O)=O)C1. The number of hydrogen-bond acceptors (Lipinski definition) is 5. The lowest BCUT2D eigenvalue weighted by Gasteiger charge is -2.32. The maximum Gasteiger partial charge on any atom is 0.258 e. The second kappa shape index (κ2) is 6.97. The van der Waals surface area contributed by atoms with Crippen LogP contribution in [-0.2, 0) is 10.0 Å². The number of rotatable bonds is 4. The Morgan fingerprint density at radius 3 is 2.69 bits per heavy atom. The van der Waals surface area contributed by atoms with Gasteiger partial charge in [0, 0.05) is 31.5 Å². The molecule has 0 saturated carbocycles. The molecule has 1 aliphatic heterocycles. The molecule has 1 aliphatic rings. The van der Waals surface area contributed by atoms with Crippen molar-refractivity contribution in [2.45, 2.75) is 25.8 Å². The molecule has 2 aromatic rings. The van der Waals surface area contributed by atoms with E-state index in [1.165, 1.54) is 0 Å². The van der Waals surface area contributed by atoms with Gasteiger partial charge in [0.15, 0.2) is 0 Å². The molecule has 1 fully saturated rings. The zero-order valence-electron chi connectivity index (χ0n) is 14.6. The number of hydrogen-bond donors (Lipinski definition) is 1. The zero-order valence-corrected chi connectivity index (χ0v) is 15.4. The summed E-state index contributed by atoms with van der Waals surface area (Å²) in [6.07, 6.45) is 5.93. The number of piperidine rings is 1. The van der Waals surface area contributed by atoms with E-state index in [1.807, 2.05) is 0 Å². The summed E-state index contributed by atoms with van der Waals surface area (Å²) in [5, 5.41) is 9.58. The van der Waals surface area contributed by atoms with Crippen molar-refractivity contribution in [1.29, 1.82) is 5.26 Å². The van der Waals surface area contributed by atoms with Gasteiger partial charge in [0.2, 0.25) is 15.9 Å². The van der Waals surface area contributed by atoms with Crippen LogP contribution < -0.4 is 4.72 Å². The van der Waals surface area contributed by atoms with Crippen LogP contribution >= 0.6 is 0 Å². The van der Waals surface area contributed by atoms with E-state index in [4.69, 9.17) is 4.42 Å². The third-order valence-electron chi connectivity index (χ3n) is 4.32. The van der Waals surface area contributed by atoms with E-state index in [1.54, 1.807) is 40.9 Å². The van der Waals surface area contributed by atoms with Gasteiger partial charge in [-0.05, 0) is 31.9 Å². The van der Waals surface area contributed by atoms with Gasteiger partial charge in [-0.15, -0.1) is 0 Å². The molecular weight excluding hydrogens is 356 g/mol. The van der Waals surface area contributed by atoms with Crippen molar-refractivity contribution in [3.05, 3.63) is 41.4 Å². The summed E-state index contributed by atoms with van der Waals surface area (Å²) in [6.45, 7) is 2.42. The summed E-state index contributed by atoms with van der Waals surface area (Å²) in [5.74, 6) is 0.357. The van der Waals surface area contributed by atoms with Crippen molar-refractivity contribution < 1.29 is 17.6 Å². The first-order valence-electron chi connectivity index (χ1n) is 8.23. The minimum atomic E-state index is -3.35. The summed E-state index contributed by atoms with van der Waals surface area (Å²) in [6, 6.07) is 5.34. The van der Waals surface area contributed by atoms with E-state index in [-0.39, 0.29) is 29.6 Å². The van der Waals surface area contributed by atoms with Crippen LogP contribution in [0, 0.1) is 18.3 Å². The van der Waals surface area contributed by atoms with Crippen molar-refractivity contribution in [2.24, 2.45) is 0 Å². The Kier molecular flexibility index (Phi) is 4.89. The van der Waals surface area contributed by atoms with Crippen LogP contribution in [0.2, 0.25) is 0 Å². The van der Waals surface area contributed by atoms with Crippen LogP contribution in [0.1, 0.15) is 34.5 Å². The van der Waals surface area contributed by atoms with Gasteiger partial charge >= 0.3 is 0 Å². The van der Waals surface area contributed by atoms with Crippen LogP contribution in [-0.4, -0.2) is 49.2 Å². The van der Waals surface area contributed by atoms with Gasteiger partial charge < -0.3 is 9.32 Å². The molecule has 1 amide bonds. The Balaban J connectivity index is 1.89. The zero-order chi connectivity index (χ0) is 18.9. The van der Waals surface area contributed by atoms with Crippen molar-refractivity contribution >= 4 is 15.9 Å². The van der Waals surface area contributed by atoms with Crippen LogP contribution in [0.3, 0.4) is 0 Å². The van der Waals surface area contributed by atoms with E-state index in [2.05, 4.69) is 10.8 Å². The van der Waals surface area contributed by atoms with Crippen LogP contribution in [0.15, 0.2) is 28.9 Å². The summed E-state index contributed by atoms with van der Waals surface area (Å²) in [4.78, 5) is 14.6. The average molecular weight is 376 g/mol. The molecular formula is C17H20N4O4S. The van der Waals surface area contributed by atoms with Gasteiger partial charge in [-0.3, -0.25) is 9.36 Å². The number of aryl methyl sites for hydroxylation is 1. The Morgan fingerprint density at radius 2 is 2.08 bits per heavy atom. The maximum atomic E-state index is 13.0. The lowest BCUT2D eigenvalue weighted by molar-refractivity contribution is 0.0701. The van der Waals surface area contributed by atoms with E-state index in [0.29, 0.717) is 31.0 Å². The summed E-state index contributed by atoms with van der Waals surface area (Å²) in [7, 11) is -3.35. The number of likely N-dealkylation sites (tertiary alicyclic amines) is 1.